The van der Waals surface area contributed by atoms with Gasteiger partial charge in [0.15, 0.2) is 0 Å². The maximum absolute atomic E-state index is 2.46. The largest absolute Gasteiger partial charge is 0.0888 e. The monoisotopic (exact) mass is 476 g/mol. The van der Waals surface area contributed by atoms with Crippen molar-refractivity contribution in [3.05, 3.63) is 120 Å². The summed E-state index contributed by atoms with van der Waals surface area (Å²) in [6.07, 6.45) is 0. The van der Waals surface area contributed by atoms with E-state index in [1.54, 1.807) is 0 Å². The Balaban J connectivity index is 1.39. The Labute approximate surface area is 215 Å². The van der Waals surface area contributed by atoms with E-state index in [-0.39, 0.29) is 5.41 Å². The first kappa shape index (κ1) is 20.4. The third-order valence-corrected chi connectivity index (χ3v) is 9.37. The van der Waals surface area contributed by atoms with Crippen molar-refractivity contribution in [1.29, 1.82) is 0 Å². The minimum Gasteiger partial charge on any atom is -0.0888 e. The van der Waals surface area contributed by atoms with E-state index in [1.807, 2.05) is 11.8 Å². The second-order valence-corrected chi connectivity index (χ2v) is 11.7. The van der Waals surface area contributed by atoms with E-state index < -0.39 is 0 Å². The first-order valence-corrected chi connectivity index (χ1v) is 13.4. The lowest BCUT2D eigenvalue weighted by Crippen LogP contribution is -2.15. The molecule has 0 saturated carbocycles. The van der Waals surface area contributed by atoms with Gasteiger partial charge in [-0.3, -0.25) is 0 Å². The van der Waals surface area contributed by atoms with Gasteiger partial charge in [0.25, 0.3) is 0 Å². The number of fused-ring (bicyclic) bond motifs is 6. The predicted octanol–water partition coefficient (Wildman–Crippen LogP) is 10.1. The highest BCUT2D eigenvalue weighted by atomic mass is 32.2. The lowest BCUT2D eigenvalue weighted by Gasteiger charge is -2.25. The first-order valence-electron chi connectivity index (χ1n) is 12.6. The highest BCUT2D eigenvalue weighted by molar-refractivity contribution is 7.99. The van der Waals surface area contributed by atoms with Gasteiger partial charge in [0.05, 0.1) is 0 Å². The smallest absolute Gasteiger partial charge is 0.0207 e. The van der Waals surface area contributed by atoms with Crippen LogP contribution in [-0.4, -0.2) is 0 Å². The van der Waals surface area contributed by atoms with Crippen molar-refractivity contribution in [2.75, 3.05) is 0 Å². The number of rotatable bonds is 1. The Morgan fingerprint density at radius 2 is 1.19 bits per heavy atom. The van der Waals surface area contributed by atoms with Gasteiger partial charge < -0.3 is 0 Å². The molecule has 0 bridgehead atoms. The topological polar surface area (TPSA) is 0 Å². The van der Waals surface area contributed by atoms with Gasteiger partial charge in [-0.25, -0.2) is 0 Å². The zero-order chi connectivity index (χ0) is 24.0. The second-order valence-electron chi connectivity index (χ2n) is 10.6. The maximum atomic E-state index is 2.46. The molecule has 0 aromatic heterocycles. The van der Waals surface area contributed by atoms with E-state index in [0.717, 1.165) is 0 Å². The minimum atomic E-state index is -0.0439. The van der Waals surface area contributed by atoms with Gasteiger partial charge in [-0.1, -0.05) is 104 Å². The van der Waals surface area contributed by atoms with E-state index in [4.69, 9.17) is 0 Å². The lowest BCUT2D eigenvalue weighted by atomic mass is 9.80. The van der Waals surface area contributed by atoms with Crippen LogP contribution in [0.25, 0.3) is 54.9 Å². The van der Waals surface area contributed by atoms with Crippen LogP contribution in [0.4, 0.5) is 0 Å². The molecule has 6 aromatic rings. The molecule has 0 spiro atoms. The Bertz CT molecular complexity index is 1890. The molecule has 36 heavy (non-hydrogen) atoms. The highest BCUT2D eigenvalue weighted by Crippen LogP contribution is 2.54. The first-order chi connectivity index (χ1) is 17.6. The fourth-order valence-corrected chi connectivity index (χ4v) is 7.55. The molecule has 0 radical (unpaired) electrons. The molecule has 0 nitrogen and oxygen atoms in total. The van der Waals surface area contributed by atoms with Gasteiger partial charge in [-0.2, -0.15) is 0 Å². The zero-order valence-electron chi connectivity index (χ0n) is 20.3. The second kappa shape index (κ2) is 7.12. The summed E-state index contributed by atoms with van der Waals surface area (Å²) in [5, 5.41) is 5.32. The Morgan fingerprint density at radius 3 is 2.08 bits per heavy atom. The normalized spacial score (nSPS) is 14.5. The van der Waals surface area contributed by atoms with Crippen molar-refractivity contribution in [1.82, 2.24) is 0 Å². The molecule has 170 valence electrons. The molecule has 6 aromatic carbocycles. The molecule has 0 fully saturated rings. The van der Waals surface area contributed by atoms with Gasteiger partial charge in [-0.15, -0.1) is 0 Å². The predicted molar refractivity (Wildman–Crippen MR) is 154 cm³/mol. The van der Waals surface area contributed by atoms with Crippen LogP contribution in [0.2, 0.25) is 0 Å². The van der Waals surface area contributed by atoms with Crippen molar-refractivity contribution in [2.24, 2.45) is 0 Å². The summed E-state index contributed by atoms with van der Waals surface area (Å²) in [5.41, 5.74) is 10.9. The van der Waals surface area contributed by atoms with Crippen molar-refractivity contribution < 1.29 is 0 Å². The van der Waals surface area contributed by atoms with Crippen LogP contribution in [0.15, 0.2) is 119 Å². The van der Waals surface area contributed by atoms with Gasteiger partial charge in [0.2, 0.25) is 0 Å². The number of benzene rings is 6. The summed E-state index contributed by atoms with van der Waals surface area (Å²) < 4.78 is 0. The maximum Gasteiger partial charge on any atom is 0.0207 e. The zero-order valence-corrected chi connectivity index (χ0v) is 21.1. The lowest BCUT2D eigenvalue weighted by molar-refractivity contribution is 0.661. The fourth-order valence-electron chi connectivity index (χ4n) is 6.42. The fraction of sp³-hybridized carbons (Fsp3) is 0.0857. The number of hydrogen-bond donors (Lipinski definition) is 0. The van der Waals surface area contributed by atoms with E-state index in [1.165, 1.54) is 75.8 Å². The van der Waals surface area contributed by atoms with Crippen LogP contribution >= 0.6 is 11.8 Å². The number of hydrogen-bond acceptors (Lipinski definition) is 1. The molecule has 0 unspecified atom stereocenters. The molecule has 8 rings (SSSR count). The summed E-state index contributed by atoms with van der Waals surface area (Å²) in [6.45, 7) is 4.76. The molecule has 1 heterocycles. The average Bonchev–Trinajstić information content (AvgIpc) is 3.13. The van der Waals surface area contributed by atoms with E-state index in [9.17, 15) is 0 Å². The molecule has 2 aliphatic rings. The summed E-state index contributed by atoms with van der Waals surface area (Å²) in [6, 6.07) is 40.9. The van der Waals surface area contributed by atoms with Gasteiger partial charge in [0.1, 0.15) is 0 Å². The molecule has 0 atom stereocenters. The Morgan fingerprint density at radius 1 is 0.500 bits per heavy atom. The van der Waals surface area contributed by atoms with Crippen LogP contribution in [-0.2, 0) is 5.41 Å². The molecule has 1 aliphatic carbocycles. The van der Waals surface area contributed by atoms with Crippen LogP contribution in [0.5, 0.6) is 0 Å². The van der Waals surface area contributed by atoms with Gasteiger partial charge in [-0.05, 0) is 91.0 Å². The van der Waals surface area contributed by atoms with Crippen molar-refractivity contribution in [2.45, 2.75) is 29.1 Å². The van der Waals surface area contributed by atoms with E-state index in [0.29, 0.717) is 0 Å². The van der Waals surface area contributed by atoms with E-state index in [2.05, 4.69) is 123 Å². The quantitative estimate of drug-likeness (QED) is 0.227. The standard InChI is InChI=1S/C35H24S/c1-35(2)29-20-24(15-17-26(29)28-18-22-8-3-4-9-23(22)19-30(28)35)25-16-14-21-10-7-13-32-33(21)34(25)27-11-5-6-12-31(27)36-32/h3-20H,1-2H3. The van der Waals surface area contributed by atoms with Gasteiger partial charge in [0, 0.05) is 20.6 Å². The van der Waals surface area contributed by atoms with Gasteiger partial charge >= 0.3 is 0 Å². The molecule has 1 aliphatic heterocycles. The molecule has 1 heteroatoms. The van der Waals surface area contributed by atoms with Crippen LogP contribution in [0.3, 0.4) is 0 Å². The SMILES string of the molecule is CC1(C)c2cc(-c3ccc4cccc5c4c3-c3ccccc3S5)ccc2-c2cc3ccccc3cc21. The summed E-state index contributed by atoms with van der Waals surface area (Å²) in [4.78, 5) is 2.69. The van der Waals surface area contributed by atoms with Crippen molar-refractivity contribution >= 4 is 33.3 Å². The molecular formula is C35H24S. The molecular weight excluding hydrogens is 452 g/mol. The molecule has 0 saturated heterocycles. The van der Waals surface area contributed by atoms with Crippen LogP contribution in [0, 0.1) is 0 Å². The van der Waals surface area contributed by atoms with Crippen LogP contribution in [0.1, 0.15) is 25.0 Å². The molecule has 0 amide bonds. The third-order valence-electron chi connectivity index (χ3n) is 8.24. The summed E-state index contributed by atoms with van der Waals surface area (Å²) in [5.74, 6) is 0. The third kappa shape index (κ3) is 2.67. The minimum absolute atomic E-state index is 0.0439. The Hall–Kier alpha value is -3.81. The summed E-state index contributed by atoms with van der Waals surface area (Å²) >= 11 is 1.89. The summed E-state index contributed by atoms with van der Waals surface area (Å²) in [7, 11) is 0. The average molecular weight is 477 g/mol. The van der Waals surface area contributed by atoms with Crippen molar-refractivity contribution in [3.8, 4) is 33.4 Å². The van der Waals surface area contributed by atoms with Crippen LogP contribution < -0.4 is 0 Å². The van der Waals surface area contributed by atoms with Crippen molar-refractivity contribution in [3.63, 3.8) is 0 Å². The Kier molecular flexibility index (Phi) is 4.03. The highest BCUT2D eigenvalue weighted by Gasteiger charge is 2.36. The molecule has 0 N–H and O–H groups in total. The van der Waals surface area contributed by atoms with E-state index >= 15 is 0 Å².